The highest BCUT2D eigenvalue weighted by Crippen LogP contribution is 2.24. The Morgan fingerprint density at radius 3 is 2.55 bits per heavy atom. The number of hydrogen-bond donors (Lipinski definition) is 1. The summed E-state index contributed by atoms with van der Waals surface area (Å²) in [5.41, 5.74) is 2.31. The number of benzene rings is 2. The van der Waals surface area contributed by atoms with E-state index in [0.717, 1.165) is 5.56 Å². The van der Waals surface area contributed by atoms with Crippen LogP contribution in [0.1, 0.15) is 32.2 Å². The summed E-state index contributed by atoms with van der Waals surface area (Å²) in [6.45, 7) is 1.71. The maximum Gasteiger partial charge on any atom is 0.259 e. The molecule has 2 aromatic carbocycles. The van der Waals surface area contributed by atoms with Crippen LogP contribution >= 0.6 is 11.6 Å². The van der Waals surface area contributed by atoms with Gasteiger partial charge in [0.15, 0.2) is 5.78 Å². The fourth-order valence-corrected chi connectivity index (χ4v) is 3.16. The molecule has 0 aliphatic rings. The fourth-order valence-electron chi connectivity index (χ4n) is 3.03. The van der Waals surface area contributed by atoms with Gasteiger partial charge in [-0.1, -0.05) is 23.7 Å². The van der Waals surface area contributed by atoms with Crippen molar-refractivity contribution in [1.82, 2.24) is 0 Å². The molecule has 4 aromatic rings. The van der Waals surface area contributed by atoms with Gasteiger partial charge in [0.1, 0.15) is 17.3 Å². The van der Waals surface area contributed by atoms with Crippen LogP contribution in [0.15, 0.2) is 87.9 Å². The van der Waals surface area contributed by atoms with E-state index in [-0.39, 0.29) is 11.7 Å². The quantitative estimate of drug-likeness (QED) is 0.274. The third-order valence-electron chi connectivity index (χ3n) is 4.66. The Morgan fingerprint density at radius 1 is 1.00 bits per heavy atom. The minimum absolute atomic E-state index is 0.208. The number of hydrogen-bond acceptors (Lipinski definition) is 4. The average Bonchev–Trinajstić information content (AvgIpc) is 3.42. The lowest BCUT2D eigenvalue weighted by Crippen LogP contribution is -2.12. The van der Waals surface area contributed by atoms with Crippen molar-refractivity contribution in [2.24, 2.45) is 0 Å². The molecule has 1 N–H and O–H groups in total. The predicted octanol–water partition coefficient (Wildman–Crippen LogP) is 6.65. The zero-order chi connectivity index (χ0) is 21.8. The molecule has 0 fully saturated rings. The lowest BCUT2D eigenvalue weighted by atomic mass is 10.1. The molecule has 4 rings (SSSR count). The SMILES string of the molecule is Cc1occc1C(=O)Nc1cccc(C(=O)/C=C/c2ccc(-c3ccc(Cl)cc3)o2)c1. The van der Waals surface area contributed by atoms with Gasteiger partial charge in [-0.25, -0.2) is 0 Å². The summed E-state index contributed by atoms with van der Waals surface area (Å²) < 4.78 is 10.9. The molecule has 5 nitrogen and oxygen atoms in total. The first-order chi connectivity index (χ1) is 15.0. The van der Waals surface area contributed by atoms with Gasteiger partial charge in [0.05, 0.1) is 11.8 Å². The Balaban J connectivity index is 1.45. The maximum atomic E-state index is 12.6. The molecule has 2 aromatic heterocycles. The monoisotopic (exact) mass is 431 g/mol. The average molecular weight is 432 g/mol. The highest BCUT2D eigenvalue weighted by atomic mass is 35.5. The van der Waals surface area contributed by atoms with Crippen LogP contribution in [0.5, 0.6) is 0 Å². The van der Waals surface area contributed by atoms with Crippen LogP contribution in [0, 0.1) is 6.92 Å². The second-order valence-electron chi connectivity index (χ2n) is 6.83. The van der Waals surface area contributed by atoms with E-state index >= 15 is 0 Å². The summed E-state index contributed by atoms with van der Waals surface area (Å²) in [5.74, 6) is 1.27. The second-order valence-corrected chi connectivity index (χ2v) is 7.27. The molecule has 0 saturated heterocycles. The number of ketones is 1. The molecule has 0 radical (unpaired) electrons. The summed E-state index contributed by atoms with van der Waals surface area (Å²) >= 11 is 5.91. The van der Waals surface area contributed by atoms with E-state index in [0.29, 0.717) is 39.1 Å². The van der Waals surface area contributed by atoms with Gasteiger partial charge in [0.2, 0.25) is 0 Å². The number of rotatable bonds is 6. The van der Waals surface area contributed by atoms with E-state index in [1.807, 2.05) is 18.2 Å². The zero-order valence-electron chi connectivity index (χ0n) is 16.6. The summed E-state index contributed by atoms with van der Waals surface area (Å²) in [6, 6.07) is 19.3. The van der Waals surface area contributed by atoms with Crippen LogP contribution in [0.25, 0.3) is 17.4 Å². The molecule has 1 amide bonds. The van der Waals surface area contributed by atoms with Gasteiger partial charge < -0.3 is 14.2 Å². The molecule has 0 bridgehead atoms. The minimum atomic E-state index is -0.295. The van der Waals surface area contributed by atoms with Crippen molar-refractivity contribution in [2.45, 2.75) is 6.92 Å². The van der Waals surface area contributed by atoms with E-state index < -0.39 is 0 Å². The normalized spacial score (nSPS) is 11.0. The third kappa shape index (κ3) is 4.85. The summed E-state index contributed by atoms with van der Waals surface area (Å²) in [6.07, 6.45) is 4.51. The van der Waals surface area contributed by atoms with E-state index in [9.17, 15) is 9.59 Å². The molecule has 31 heavy (non-hydrogen) atoms. The Bertz CT molecular complexity index is 1260. The number of nitrogens with one attached hydrogen (secondary N) is 1. The first-order valence-corrected chi connectivity index (χ1v) is 9.91. The zero-order valence-corrected chi connectivity index (χ0v) is 17.3. The number of carbonyl (C=O) groups is 2. The molecule has 154 valence electrons. The Kier molecular flexibility index (Phi) is 5.87. The van der Waals surface area contributed by atoms with Gasteiger partial charge in [-0.2, -0.15) is 0 Å². The van der Waals surface area contributed by atoms with Crippen LogP contribution < -0.4 is 5.32 Å². The van der Waals surface area contributed by atoms with Crippen molar-refractivity contribution in [2.75, 3.05) is 5.32 Å². The van der Waals surface area contributed by atoms with E-state index in [4.69, 9.17) is 20.4 Å². The third-order valence-corrected chi connectivity index (χ3v) is 4.91. The molecule has 0 saturated carbocycles. The smallest absolute Gasteiger partial charge is 0.259 e. The van der Waals surface area contributed by atoms with Crippen molar-refractivity contribution in [3.8, 4) is 11.3 Å². The number of anilines is 1. The summed E-state index contributed by atoms with van der Waals surface area (Å²) in [4.78, 5) is 24.9. The maximum absolute atomic E-state index is 12.6. The van der Waals surface area contributed by atoms with E-state index in [1.165, 1.54) is 12.3 Å². The number of carbonyl (C=O) groups excluding carboxylic acids is 2. The predicted molar refractivity (Wildman–Crippen MR) is 120 cm³/mol. The van der Waals surface area contributed by atoms with Crippen LogP contribution in [0.4, 0.5) is 5.69 Å². The number of furan rings is 2. The molecule has 0 aliphatic heterocycles. The molecular weight excluding hydrogens is 414 g/mol. The van der Waals surface area contributed by atoms with Gasteiger partial charge in [0, 0.05) is 21.8 Å². The highest BCUT2D eigenvalue weighted by Gasteiger charge is 2.12. The van der Waals surface area contributed by atoms with Crippen LogP contribution in [0.2, 0.25) is 5.02 Å². The Labute approximate surface area is 184 Å². The number of allylic oxidation sites excluding steroid dienone is 1. The van der Waals surface area contributed by atoms with Crippen molar-refractivity contribution < 1.29 is 18.4 Å². The van der Waals surface area contributed by atoms with Gasteiger partial charge in [-0.3, -0.25) is 9.59 Å². The largest absolute Gasteiger partial charge is 0.469 e. The van der Waals surface area contributed by atoms with Gasteiger partial charge >= 0.3 is 0 Å². The Hall–Kier alpha value is -3.83. The van der Waals surface area contributed by atoms with Crippen LogP contribution in [-0.4, -0.2) is 11.7 Å². The lowest BCUT2D eigenvalue weighted by Gasteiger charge is -2.05. The number of amides is 1. The topological polar surface area (TPSA) is 72.5 Å². The minimum Gasteiger partial charge on any atom is -0.469 e. The first kappa shape index (κ1) is 20.4. The van der Waals surface area contributed by atoms with Crippen LogP contribution in [-0.2, 0) is 0 Å². The summed E-state index contributed by atoms with van der Waals surface area (Å²) in [7, 11) is 0. The van der Waals surface area contributed by atoms with Gasteiger partial charge in [-0.05, 0) is 73.7 Å². The second kappa shape index (κ2) is 8.90. The Morgan fingerprint density at radius 2 is 1.81 bits per heavy atom. The van der Waals surface area contributed by atoms with Crippen LogP contribution in [0.3, 0.4) is 0 Å². The van der Waals surface area contributed by atoms with Gasteiger partial charge in [0.25, 0.3) is 5.91 Å². The number of halogens is 1. The van der Waals surface area contributed by atoms with E-state index in [1.54, 1.807) is 61.5 Å². The molecule has 0 atom stereocenters. The van der Waals surface area contributed by atoms with Crippen molar-refractivity contribution in [1.29, 1.82) is 0 Å². The summed E-state index contributed by atoms with van der Waals surface area (Å²) in [5, 5.41) is 3.43. The van der Waals surface area contributed by atoms with Crippen molar-refractivity contribution >= 4 is 35.1 Å². The molecule has 2 heterocycles. The van der Waals surface area contributed by atoms with Crippen molar-refractivity contribution in [3.05, 3.63) is 107 Å². The molecular formula is C25H18ClNO4. The molecule has 6 heteroatoms. The molecule has 0 aliphatic carbocycles. The number of aryl methyl sites for hydroxylation is 1. The standard InChI is InChI=1S/C25H18ClNO4/c1-16-22(13-14-30-16)25(29)27-20-4-2-3-18(15-20)23(28)11-9-21-10-12-24(31-21)17-5-7-19(26)8-6-17/h2-15H,1H3,(H,27,29)/b11-9+. The first-order valence-electron chi connectivity index (χ1n) is 9.53. The lowest BCUT2D eigenvalue weighted by molar-refractivity contribution is 0.102. The van der Waals surface area contributed by atoms with Crippen molar-refractivity contribution in [3.63, 3.8) is 0 Å². The highest BCUT2D eigenvalue weighted by molar-refractivity contribution is 6.30. The molecule has 0 unspecified atom stereocenters. The fraction of sp³-hybridized carbons (Fsp3) is 0.0400. The molecule has 0 spiro atoms. The van der Waals surface area contributed by atoms with E-state index in [2.05, 4.69) is 5.32 Å². The van der Waals surface area contributed by atoms with Gasteiger partial charge in [-0.15, -0.1) is 0 Å².